The second kappa shape index (κ2) is 4.42. The van der Waals surface area contributed by atoms with Crippen LogP contribution in [0.3, 0.4) is 0 Å². The summed E-state index contributed by atoms with van der Waals surface area (Å²) in [6.07, 6.45) is -0.323. The van der Waals surface area contributed by atoms with Gasteiger partial charge in [0.15, 0.2) is 0 Å². The molecule has 0 amide bonds. The van der Waals surface area contributed by atoms with Crippen molar-refractivity contribution in [2.24, 2.45) is 0 Å². The van der Waals surface area contributed by atoms with Gasteiger partial charge in [-0.15, -0.1) is 0 Å². The normalized spacial score (nSPS) is 8.67. The molecule has 50 valence electrons. The summed E-state index contributed by atoms with van der Waals surface area (Å²) in [6.45, 7) is 0. The van der Waals surface area contributed by atoms with Crippen LogP contribution >= 0.6 is 23.2 Å². The van der Waals surface area contributed by atoms with Crippen LogP contribution in [0, 0.1) is 11.3 Å². The Balaban J connectivity index is 3.42. The lowest BCUT2D eigenvalue weighted by atomic mass is 10.5. The zero-order valence-electron chi connectivity index (χ0n) is 4.30. The van der Waals surface area contributed by atoms with Crippen LogP contribution in [0.2, 0.25) is 0 Å². The number of nitriles is 1. The van der Waals surface area contributed by atoms with Gasteiger partial charge in [0.2, 0.25) is 0 Å². The highest BCUT2D eigenvalue weighted by Crippen LogP contribution is 2.03. The SMILES string of the molecule is N#CCC(=O)OC(Cl)Cl. The zero-order chi connectivity index (χ0) is 7.28. The molecular weight excluding hydrogens is 165 g/mol. The number of rotatable bonds is 2. The average Bonchev–Trinajstić information content (AvgIpc) is 1.63. The summed E-state index contributed by atoms with van der Waals surface area (Å²) in [7, 11) is 0. The summed E-state index contributed by atoms with van der Waals surface area (Å²) >= 11 is 10.0. The van der Waals surface area contributed by atoms with E-state index in [1.54, 1.807) is 6.07 Å². The monoisotopic (exact) mass is 167 g/mol. The van der Waals surface area contributed by atoms with Gasteiger partial charge < -0.3 is 4.74 Å². The maximum absolute atomic E-state index is 10.2. The molecule has 0 unspecified atom stereocenters. The molecule has 0 atom stereocenters. The number of carbonyl (C=O) groups is 1. The minimum absolute atomic E-state index is 0.323. The third-order valence-electron chi connectivity index (χ3n) is 0.444. The summed E-state index contributed by atoms with van der Waals surface area (Å²) in [5.74, 6) is -0.715. The number of hydrogen-bond acceptors (Lipinski definition) is 3. The number of carbonyl (C=O) groups excluding carboxylic acids is 1. The smallest absolute Gasteiger partial charge is 0.322 e. The highest BCUT2D eigenvalue weighted by Gasteiger charge is 2.05. The van der Waals surface area contributed by atoms with Gasteiger partial charge in [-0.3, -0.25) is 4.79 Å². The molecule has 0 spiro atoms. The van der Waals surface area contributed by atoms with Gasteiger partial charge >= 0.3 is 5.97 Å². The summed E-state index contributed by atoms with van der Waals surface area (Å²) < 4.78 is 4.16. The molecule has 0 bridgehead atoms. The van der Waals surface area contributed by atoms with Crippen molar-refractivity contribution in [3.63, 3.8) is 0 Å². The summed E-state index contributed by atoms with van der Waals surface area (Å²) in [4.78, 5) is 10.2. The zero-order valence-corrected chi connectivity index (χ0v) is 5.82. The van der Waals surface area contributed by atoms with Gasteiger partial charge in [-0.1, -0.05) is 23.2 Å². The van der Waals surface area contributed by atoms with Crippen molar-refractivity contribution in [3.8, 4) is 6.07 Å². The predicted octanol–water partition coefficient (Wildman–Crippen LogP) is 1.20. The Morgan fingerprint density at radius 3 is 2.67 bits per heavy atom. The predicted molar refractivity (Wildman–Crippen MR) is 31.8 cm³/mol. The second-order valence-electron chi connectivity index (χ2n) is 1.09. The Morgan fingerprint density at radius 2 is 2.33 bits per heavy atom. The van der Waals surface area contributed by atoms with Crippen molar-refractivity contribution >= 4 is 29.2 Å². The second-order valence-corrected chi connectivity index (χ2v) is 2.10. The Bertz CT molecular complexity index is 140. The van der Waals surface area contributed by atoms with Crippen LogP contribution in [-0.4, -0.2) is 11.0 Å². The molecule has 5 heteroatoms. The fraction of sp³-hybridized carbons (Fsp3) is 0.500. The number of nitrogens with zero attached hydrogens (tertiary/aromatic N) is 1. The lowest BCUT2D eigenvalue weighted by molar-refractivity contribution is -0.141. The quantitative estimate of drug-likeness (QED) is 0.459. The molecule has 0 aliphatic heterocycles. The van der Waals surface area contributed by atoms with Crippen molar-refractivity contribution < 1.29 is 9.53 Å². The van der Waals surface area contributed by atoms with Gasteiger partial charge in [0.1, 0.15) is 6.42 Å². The molecule has 0 radical (unpaired) electrons. The molecule has 0 saturated carbocycles. The summed E-state index contributed by atoms with van der Waals surface area (Å²) in [5.41, 5.74) is 0. The number of esters is 1. The van der Waals surface area contributed by atoms with Crippen LogP contribution < -0.4 is 0 Å². The van der Waals surface area contributed by atoms with E-state index >= 15 is 0 Å². The van der Waals surface area contributed by atoms with Gasteiger partial charge in [-0.05, 0) is 0 Å². The number of hydrogen-bond donors (Lipinski definition) is 0. The lowest BCUT2D eigenvalue weighted by Gasteiger charge is -1.98. The minimum atomic E-state index is -1.18. The third-order valence-corrected chi connectivity index (χ3v) is 0.622. The highest BCUT2D eigenvalue weighted by molar-refractivity contribution is 6.43. The molecule has 9 heavy (non-hydrogen) atoms. The van der Waals surface area contributed by atoms with Crippen molar-refractivity contribution in [3.05, 3.63) is 0 Å². The van der Waals surface area contributed by atoms with Crippen molar-refractivity contribution in [2.75, 3.05) is 0 Å². The number of ether oxygens (including phenoxy) is 1. The molecule has 0 aromatic carbocycles. The van der Waals surface area contributed by atoms with Gasteiger partial charge in [0, 0.05) is 0 Å². The van der Waals surface area contributed by atoms with Crippen molar-refractivity contribution in [2.45, 2.75) is 11.4 Å². The third kappa shape index (κ3) is 5.41. The van der Waals surface area contributed by atoms with Crippen molar-refractivity contribution in [1.82, 2.24) is 0 Å². The maximum atomic E-state index is 10.2. The molecule has 0 aliphatic rings. The summed E-state index contributed by atoms with van der Waals surface area (Å²) in [5, 5.41) is 6.74. The molecule has 0 aliphatic carbocycles. The van der Waals surface area contributed by atoms with Crippen LogP contribution in [0.5, 0.6) is 0 Å². The van der Waals surface area contributed by atoms with Gasteiger partial charge in [-0.2, -0.15) is 5.26 Å². The average molecular weight is 168 g/mol. The van der Waals surface area contributed by atoms with Gasteiger partial charge in [-0.25, -0.2) is 0 Å². The van der Waals surface area contributed by atoms with Crippen LogP contribution in [0.25, 0.3) is 0 Å². The topological polar surface area (TPSA) is 50.1 Å². The van der Waals surface area contributed by atoms with E-state index in [1.165, 1.54) is 0 Å². The molecule has 0 heterocycles. The molecule has 0 aromatic heterocycles. The van der Waals surface area contributed by atoms with Crippen LogP contribution in [0.1, 0.15) is 6.42 Å². The Labute approximate surface area is 62.1 Å². The Kier molecular flexibility index (Phi) is 4.20. The number of alkyl halides is 2. The van der Waals surface area contributed by atoms with Gasteiger partial charge in [0.05, 0.1) is 6.07 Å². The molecule has 0 N–H and O–H groups in total. The Hall–Kier alpha value is -0.460. The fourth-order valence-electron chi connectivity index (χ4n) is 0.206. The first kappa shape index (κ1) is 8.54. The highest BCUT2D eigenvalue weighted by atomic mass is 35.5. The van der Waals surface area contributed by atoms with E-state index < -0.39 is 11.0 Å². The van der Waals surface area contributed by atoms with E-state index in [9.17, 15) is 4.79 Å². The van der Waals surface area contributed by atoms with E-state index in [2.05, 4.69) is 4.74 Å². The van der Waals surface area contributed by atoms with E-state index in [0.29, 0.717) is 0 Å². The molecule has 0 aromatic rings. The van der Waals surface area contributed by atoms with E-state index in [-0.39, 0.29) is 6.42 Å². The van der Waals surface area contributed by atoms with Crippen molar-refractivity contribution in [1.29, 1.82) is 5.26 Å². The molecular formula is C4H3Cl2NO2. The first-order chi connectivity index (χ1) is 4.16. The minimum Gasteiger partial charge on any atom is -0.431 e. The first-order valence-electron chi connectivity index (χ1n) is 2.01. The fourth-order valence-corrected chi connectivity index (χ4v) is 0.404. The van der Waals surface area contributed by atoms with Crippen LogP contribution in [0.15, 0.2) is 0 Å². The first-order valence-corrected chi connectivity index (χ1v) is 2.88. The summed E-state index contributed by atoms with van der Waals surface area (Å²) in [6, 6.07) is 1.58. The Morgan fingerprint density at radius 1 is 1.78 bits per heavy atom. The standard InChI is InChI=1S/C4H3Cl2NO2/c5-4(6)9-3(8)1-2-7/h4H,1H2. The van der Waals surface area contributed by atoms with Crippen LogP contribution in [0.4, 0.5) is 0 Å². The lowest BCUT2D eigenvalue weighted by Crippen LogP contribution is -2.05. The van der Waals surface area contributed by atoms with Crippen LogP contribution in [-0.2, 0) is 9.53 Å². The largest absolute Gasteiger partial charge is 0.431 e. The molecule has 0 saturated heterocycles. The van der Waals surface area contributed by atoms with E-state index in [0.717, 1.165) is 0 Å². The van der Waals surface area contributed by atoms with E-state index in [4.69, 9.17) is 28.5 Å². The van der Waals surface area contributed by atoms with Gasteiger partial charge in [0.25, 0.3) is 5.02 Å². The molecule has 3 nitrogen and oxygen atoms in total. The maximum Gasteiger partial charge on any atom is 0.322 e. The number of halogens is 2. The van der Waals surface area contributed by atoms with E-state index in [1.807, 2.05) is 0 Å². The molecule has 0 rings (SSSR count). The molecule has 0 fully saturated rings.